The quantitative estimate of drug-likeness (QED) is 0.146. The number of rotatable bonds is 9. The van der Waals surface area contributed by atoms with E-state index in [1.54, 1.807) is 12.1 Å². The number of piperidine rings is 1. The van der Waals surface area contributed by atoms with Crippen LogP contribution in [0.15, 0.2) is 30.5 Å². The Balaban J connectivity index is 1.53. The van der Waals surface area contributed by atoms with E-state index in [-0.39, 0.29) is 5.84 Å². The number of carboxylic acids is 2. The summed E-state index contributed by atoms with van der Waals surface area (Å²) in [5.74, 6) is -4.01. The number of nitrogens with zero attached hydrogens (tertiary/aromatic N) is 2. The van der Waals surface area contributed by atoms with Crippen molar-refractivity contribution in [3.05, 3.63) is 40.9 Å². The van der Waals surface area contributed by atoms with Crippen LogP contribution < -0.4 is 20.7 Å². The molecule has 13 heteroatoms. The van der Waals surface area contributed by atoms with Crippen LogP contribution in [0.5, 0.6) is 5.75 Å². The highest BCUT2D eigenvalue weighted by atomic mass is 32.1. The molecule has 0 aliphatic carbocycles. The van der Waals surface area contributed by atoms with Gasteiger partial charge in [-0.1, -0.05) is 11.3 Å². The number of aliphatic carboxylic acids is 2. The van der Waals surface area contributed by atoms with Crippen LogP contribution in [-0.4, -0.2) is 64.0 Å². The van der Waals surface area contributed by atoms with E-state index in [4.69, 9.17) is 26.1 Å². The van der Waals surface area contributed by atoms with Crippen molar-refractivity contribution in [1.82, 2.24) is 10.3 Å². The number of carbonyl (C=O) groups excluding carboxylic acids is 2. The van der Waals surface area contributed by atoms with Crippen LogP contribution in [0.3, 0.4) is 0 Å². The molecule has 1 aliphatic rings. The number of amides is 1. The highest BCUT2D eigenvalue weighted by Gasteiger charge is 2.30. The van der Waals surface area contributed by atoms with Crippen molar-refractivity contribution in [2.24, 2.45) is 11.7 Å². The first-order valence-electron chi connectivity index (χ1n) is 10.3. The molecule has 0 saturated carbocycles. The van der Waals surface area contributed by atoms with Gasteiger partial charge in [0.15, 0.2) is 5.13 Å². The van der Waals surface area contributed by atoms with Crippen LogP contribution in [0.4, 0.5) is 5.13 Å². The Labute approximate surface area is 197 Å². The van der Waals surface area contributed by atoms with Gasteiger partial charge in [-0.2, -0.15) is 0 Å². The first-order chi connectivity index (χ1) is 16.1. The lowest BCUT2D eigenvalue weighted by Gasteiger charge is -2.31. The SMILES string of the molecule is N=C(N)c1ccc(OC(=O)c2cnc(N3CCC(C(=O)N[C@@H](CC(=O)O)C(=O)O)CC3)s2)cc1. The highest BCUT2D eigenvalue weighted by Crippen LogP contribution is 2.28. The average Bonchev–Trinajstić information content (AvgIpc) is 3.29. The van der Waals surface area contributed by atoms with Crippen molar-refractivity contribution in [3.63, 3.8) is 0 Å². The molecular weight excluding hydrogens is 466 g/mol. The summed E-state index contributed by atoms with van der Waals surface area (Å²) >= 11 is 1.15. The van der Waals surface area contributed by atoms with Gasteiger partial charge in [0.25, 0.3) is 0 Å². The minimum absolute atomic E-state index is 0.0896. The normalized spacial score (nSPS) is 14.8. The predicted octanol–water partition coefficient (Wildman–Crippen LogP) is 0.907. The molecular formula is C21H23N5O7S. The molecule has 0 bridgehead atoms. The molecule has 6 N–H and O–H groups in total. The van der Waals surface area contributed by atoms with Gasteiger partial charge in [0.2, 0.25) is 5.91 Å². The second kappa shape index (κ2) is 10.7. The lowest BCUT2D eigenvalue weighted by molar-refractivity contribution is -0.147. The van der Waals surface area contributed by atoms with Crippen molar-refractivity contribution >= 4 is 46.1 Å². The fourth-order valence-electron chi connectivity index (χ4n) is 3.36. The zero-order valence-electron chi connectivity index (χ0n) is 17.9. The molecule has 1 fully saturated rings. The number of aromatic nitrogens is 1. The molecule has 2 heterocycles. The summed E-state index contributed by atoms with van der Waals surface area (Å²) in [7, 11) is 0. The van der Waals surface area contributed by atoms with Gasteiger partial charge in [-0.25, -0.2) is 14.6 Å². The number of nitrogens with two attached hydrogens (primary N) is 1. The Hall–Kier alpha value is -4.00. The van der Waals surface area contributed by atoms with Crippen LogP contribution in [-0.2, 0) is 14.4 Å². The summed E-state index contributed by atoms with van der Waals surface area (Å²) < 4.78 is 5.33. The lowest BCUT2D eigenvalue weighted by Crippen LogP contribution is -2.47. The van der Waals surface area contributed by atoms with Gasteiger partial charge in [-0.3, -0.25) is 15.0 Å². The van der Waals surface area contributed by atoms with Crippen LogP contribution in [0.2, 0.25) is 0 Å². The third-order valence-corrected chi connectivity index (χ3v) is 6.24. The Bertz CT molecular complexity index is 1090. The molecule has 1 saturated heterocycles. The second-order valence-electron chi connectivity index (χ2n) is 7.59. The lowest BCUT2D eigenvalue weighted by atomic mass is 9.95. The predicted molar refractivity (Wildman–Crippen MR) is 121 cm³/mol. The summed E-state index contributed by atoms with van der Waals surface area (Å²) in [6.45, 7) is 0.923. The van der Waals surface area contributed by atoms with Crippen LogP contribution in [0.1, 0.15) is 34.5 Å². The van der Waals surface area contributed by atoms with Crippen LogP contribution in [0, 0.1) is 11.3 Å². The Morgan fingerprint density at radius 3 is 2.41 bits per heavy atom. The van der Waals surface area contributed by atoms with E-state index in [9.17, 15) is 19.2 Å². The minimum Gasteiger partial charge on any atom is -0.481 e. The van der Waals surface area contributed by atoms with Gasteiger partial charge in [-0.15, -0.1) is 0 Å². The van der Waals surface area contributed by atoms with Crippen LogP contribution in [0.25, 0.3) is 0 Å². The fourth-order valence-corrected chi connectivity index (χ4v) is 4.21. The summed E-state index contributed by atoms with van der Waals surface area (Å²) in [4.78, 5) is 53.2. The summed E-state index contributed by atoms with van der Waals surface area (Å²) in [6, 6.07) is 4.75. The first kappa shape index (κ1) is 24.6. The summed E-state index contributed by atoms with van der Waals surface area (Å²) in [5.41, 5.74) is 5.91. The van der Waals surface area contributed by atoms with Gasteiger partial charge in [0, 0.05) is 24.6 Å². The molecule has 3 rings (SSSR count). The molecule has 1 atom stereocenters. The van der Waals surface area contributed by atoms with E-state index in [0.29, 0.717) is 47.3 Å². The molecule has 1 aliphatic heterocycles. The number of carboxylic acid groups (broad SMARTS) is 2. The van der Waals surface area contributed by atoms with E-state index >= 15 is 0 Å². The maximum Gasteiger partial charge on any atom is 0.355 e. The molecule has 0 spiro atoms. The van der Waals surface area contributed by atoms with Gasteiger partial charge >= 0.3 is 17.9 Å². The maximum absolute atomic E-state index is 12.4. The Kier molecular flexibility index (Phi) is 7.79. The van der Waals surface area contributed by atoms with Crippen molar-refractivity contribution in [1.29, 1.82) is 5.41 Å². The smallest absolute Gasteiger partial charge is 0.355 e. The second-order valence-corrected chi connectivity index (χ2v) is 8.60. The monoisotopic (exact) mass is 489 g/mol. The number of thiazole rings is 1. The van der Waals surface area contributed by atoms with E-state index in [2.05, 4.69) is 10.3 Å². The number of amidine groups is 1. The fraction of sp³-hybridized carbons (Fsp3) is 0.333. The molecule has 0 radical (unpaired) electrons. The van der Waals surface area contributed by atoms with E-state index in [1.165, 1.54) is 18.3 Å². The highest BCUT2D eigenvalue weighted by molar-refractivity contribution is 7.17. The first-order valence-corrected chi connectivity index (χ1v) is 11.1. The Morgan fingerprint density at radius 2 is 1.85 bits per heavy atom. The standard InChI is InChI=1S/C21H23N5O7S/c22-17(23)11-1-3-13(4-2-11)33-20(32)15-10-24-21(34-15)26-7-5-12(6-8-26)18(29)25-14(19(30)31)9-16(27)28/h1-4,10,12,14H,5-9H2,(H3,22,23)(H,25,29)(H,27,28)(H,30,31)/t14-/m0/s1. The molecule has 1 aromatic carbocycles. The van der Waals surface area contributed by atoms with E-state index in [0.717, 1.165) is 11.3 Å². The van der Waals surface area contributed by atoms with Crippen LogP contribution >= 0.6 is 11.3 Å². The van der Waals surface area contributed by atoms with Gasteiger partial charge in [0.05, 0.1) is 12.6 Å². The number of esters is 1. The Morgan fingerprint density at radius 1 is 1.21 bits per heavy atom. The largest absolute Gasteiger partial charge is 0.481 e. The number of hydrogen-bond donors (Lipinski definition) is 5. The zero-order chi connectivity index (χ0) is 24.8. The van der Waals surface area contributed by atoms with Crippen molar-refractivity contribution in [2.45, 2.75) is 25.3 Å². The molecule has 180 valence electrons. The molecule has 34 heavy (non-hydrogen) atoms. The summed E-state index contributed by atoms with van der Waals surface area (Å²) in [5, 5.41) is 28.2. The summed E-state index contributed by atoms with van der Waals surface area (Å²) in [6.07, 6.45) is 1.56. The molecule has 12 nitrogen and oxygen atoms in total. The van der Waals surface area contributed by atoms with Crippen molar-refractivity contribution in [3.8, 4) is 5.75 Å². The third-order valence-electron chi connectivity index (χ3n) is 5.20. The van der Waals surface area contributed by atoms with E-state index < -0.39 is 42.2 Å². The number of nitrogen functional groups attached to an aromatic ring is 1. The average molecular weight is 490 g/mol. The van der Waals surface area contributed by atoms with Crippen molar-refractivity contribution < 1.29 is 34.1 Å². The van der Waals surface area contributed by atoms with Gasteiger partial charge in [0.1, 0.15) is 22.5 Å². The molecule has 1 amide bonds. The minimum atomic E-state index is -1.48. The number of ether oxygens (including phenoxy) is 1. The zero-order valence-corrected chi connectivity index (χ0v) is 18.7. The topological polar surface area (TPSA) is 196 Å². The van der Waals surface area contributed by atoms with E-state index in [1.807, 2.05) is 4.90 Å². The number of carbonyl (C=O) groups is 4. The van der Waals surface area contributed by atoms with Gasteiger partial charge < -0.3 is 30.9 Å². The number of benzene rings is 1. The molecule has 0 unspecified atom stereocenters. The number of anilines is 1. The maximum atomic E-state index is 12.4. The van der Waals surface area contributed by atoms with Crippen molar-refractivity contribution in [2.75, 3.05) is 18.0 Å². The number of nitrogens with one attached hydrogen (secondary N) is 2. The molecule has 2 aromatic rings. The molecule has 1 aromatic heterocycles. The third kappa shape index (κ3) is 6.28. The van der Waals surface area contributed by atoms with Gasteiger partial charge in [-0.05, 0) is 37.1 Å². The number of hydrogen-bond acceptors (Lipinski definition) is 9.